The van der Waals surface area contributed by atoms with Crippen LogP contribution in [0.1, 0.15) is 32.1 Å². The summed E-state index contributed by atoms with van der Waals surface area (Å²) < 4.78 is 5.52. The average molecular weight is 384 g/mol. The Hall–Kier alpha value is -2.45. The highest BCUT2D eigenvalue weighted by molar-refractivity contribution is 5.88. The van der Waals surface area contributed by atoms with Crippen molar-refractivity contribution < 1.29 is 9.53 Å². The van der Waals surface area contributed by atoms with Gasteiger partial charge in [-0.3, -0.25) is 10.2 Å². The molecule has 1 saturated heterocycles. The van der Waals surface area contributed by atoms with Crippen LogP contribution >= 0.6 is 0 Å². The maximum atomic E-state index is 12.5. The Balaban J connectivity index is 1.35. The first-order valence-electron chi connectivity index (χ1n) is 10.1. The van der Waals surface area contributed by atoms with Crippen LogP contribution in [0.3, 0.4) is 0 Å². The van der Waals surface area contributed by atoms with Gasteiger partial charge in [-0.2, -0.15) is 5.10 Å². The Bertz CT molecular complexity index is 766. The molecule has 1 saturated carbocycles. The van der Waals surface area contributed by atoms with Gasteiger partial charge in [-0.1, -0.05) is 37.5 Å². The SMILES string of the molecule is O=C(NCC1(N2CCOCC2)CCCCC1)Nc1cnn(-c2ccccc2)n1. The summed E-state index contributed by atoms with van der Waals surface area (Å²) in [7, 11) is 0. The number of nitrogens with zero attached hydrogens (tertiary/aromatic N) is 4. The third-order valence-electron chi connectivity index (χ3n) is 5.76. The number of carbonyl (C=O) groups is 1. The molecule has 1 aromatic carbocycles. The van der Waals surface area contributed by atoms with Gasteiger partial charge in [-0.05, 0) is 25.0 Å². The Morgan fingerprint density at radius 2 is 1.86 bits per heavy atom. The van der Waals surface area contributed by atoms with Gasteiger partial charge in [0.05, 0.1) is 25.1 Å². The number of ether oxygens (including phenoxy) is 1. The van der Waals surface area contributed by atoms with Crippen molar-refractivity contribution in [1.29, 1.82) is 0 Å². The van der Waals surface area contributed by atoms with Crippen LogP contribution in [-0.2, 0) is 4.74 Å². The first kappa shape index (κ1) is 18.9. The summed E-state index contributed by atoms with van der Waals surface area (Å²) in [5, 5.41) is 14.4. The van der Waals surface area contributed by atoms with Crippen molar-refractivity contribution in [3.63, 3.8) is 0 Å². The minimum absolute atomic E-state index is 0.0427. The van der Waals surface area contributed by atoms with Gasteiger partial charge in [0, 0.05) is 25.2 Å². The highest BCUT2D eigenvalue weighted by Crippen LogP contribution is 2.33. The molecule has 2 N–H and O–H groups in total. The van der Waals surface area contributed by atoms with Gasteiger partial charge < -0.3 is 10.1 Å². The van der Waals surface area contributed by atoms with Crippen LogP contribution < -0.4 is 10.6 Å². The summed E-state index contributed by atoms with van der Waals surface area (Å²) >= 11 is 0. The lowest BCUT2D eigenvalue weighted by Crippen LogP contribution is -2.60. The molecule has 2 fully saturated rings. The largest absolute Gasteiger partial charge is 0.379 e. The smallest absolute Gasteiger partial charge is 0.320 e. The molecule has 8 nitrogen and oxygen atoms in total. The van der Waals surface area contributed by atoms with Crippen molar-refractivity contribution in [3.05, 3.63) is 36.5 Å². The van der Waals surface area contributed by atoms with Gasteiger partial charge in [0.2, 0.25) is 0 Å². The molecular weight excluding hydrogens is 356 g/mol. The first-order valence-corrected chi connectivity index (χ1v) is 10.1. The van der Waals surface area contributed by atoms with E-state index in [0.717, 1.165) is 44.8 Å². The molecule has 1 aliphatic carbocycles. The van der Waals surface area contributed by atoms with E-state index in [1.54, 1.807) is 6.20 Å². The Kier molecular flexibility index (Phi) is 5.87. The van der Waals surface area contributed by atoms with E-state index >= 15 is 0 Å². The summed E-state index contributed by atoms with van der Waals surface area (Å²) in [6.45, 7) is 4.07. The normalized spacial score (nSPS) is 19.9. The highest BCUT2D eigenvalue weighted by Gasteiger charge is 2.38. The molecule has 0 unspecified atom stereocenters. The maximum absolute atomic E-state index is 12.5. The summed E-state index contributed by atoms with van der Waals surface area (Å²) in [6, 6.07) is 9.38. The van der Waals surface area contributed by atoms with Crippen LogP contribution in [-0.4, -0.2) is 64.3 Å². The van der Waals surface area contributed by atoms with E-state index in [-0.39, 0.29) is 11.6 Å². The van der Waals surface area contributed by atoms with Gasteiger partial charge in [0.25, 0.3) is 0 Å². The molecule has 0 atom stereocenters. The number of nitrogens with one attached hydrogen (secondary N) is 2. The number of amides is 2. The summed E-state index contributed by atoms with van der Waals surface area (Å²) in [4.78, 5) is 16.5. The van der Waals surface area contributed by atoms with Crippen LogP contribution in [0, 0.1) is 0 Å². The molecule has 4 rings (SSSR count). The van der Waals surface area contributed by atoms with E-state index in [2.05, 4.69) is 25.7 Å². The second kappa shape index (κ2) is 8.70. The molecule has 0 spiro atoms. The van der Waals surface area contributed by atoms with E-state index < -0.39 is 0 Å². The number of carbonyl (C=O) groups excluding carboxylic acids is 1. The molecule has 0 radical (unpaired) electrons. The highest BCUT2D eigenvalue weighted by atomic mass is 16.5. The number of rotatable bonds is 5. The first-order chi connectivity index (χ1) is 13.8. The van der Waals surface area contributed by atoms with E-state index in [4.69, 9.17) is 4.74 Å². The standard InChI is InChI=1S/C20H28N6O2/c27-19(23-18-15-22-26(24-18)17-7-3-1-4-8-17)21-16-20(9-5-2-6-10-20)25-11-13-28-14-12-25/h1,3-4,7-8,15H,2,5-6,9-14,16H2,(H2,21,23,24,27). The third-order valence-corrected chi connectivity index (χ3v) is 5.76. The summed E-state index contributed by atoms with van der Waals surface area (Å²) in [5.41, 5.74) is 0.894. The predicted molar refractivity (Wildman–Crippen MR) is 107 cm³/mol. The van der Waals surface area contributed by atoms with Crippen molar-refractivity contribution in [2.24, 2.45) is 0 Å². The lowest BCUT2D eigenvalue weighted by Gasteiger charge is -2.48. The number of hydrogen-bond acceptors (Lipinski definition) is 5. The Labute approximate surface area is 165 Å². The average Bonchev–Trinajstić information content (AvgIpc) is 3.23. The third kappa shape index (κ3) is 4.34. The molecule has 8 heteroatoms. The molecule has 2 aromatic rings. The predicted octanol–water partition coefficient (Wildman–Crippen LogP) is 2.42. The maximum Gasteiger partial charge on any atom is 0.320 e. The van der Waals surface area contributed by atoms with Gasteiger partial charge in [0.15, 0.2) is 5.82 Å². The second-order valence-corrected chi connectivity index (χ2v) is 7.55. The molecule has 150 valence electrons. The fourth-order valence-corrected chi connectivity index (χ4v) is 4.26. The van der Waals surface area contributed by atoms with Crippen molar-refractivity contribution in [2.45, 2.75) is 37.6 Å². The topological polar surface area (TPSA) is 84.3 Å². The molecule has 2 heterocycles. The summed E-state index contributed by atoms with van der Waals surface area (Å²) in [6.07, 6.45) is 7.51. The monoisotopic (exact) mass is 384 g/mol. The van der Waals surface area contributed by atoms with Crippen molar-refractivity contribution in [2.75, 3.05) is 38.2 Å². The van der Waals surface area contributed by atoms with Crippen LogP contribution in [0.5, 0.6) is 0 Å². The number of aromatic nitrogens is 3. The Morgan fingerprint density at radius 1 is 1.11 bits per heavy atom. The molecule has 0 bridgehead atoms. The van der Waals surface area contributed by atoms with Gasteiger partial charge >= 0.3 is 6.03 Å². The Morgan fingerprint density at radius 3 is 2.61 bits per heavy atom. The van der Waals surface area contributed by atoms with E-state index in [1.807, 2.05) is 30.3 Å². The zero-order valence-corrected chi connectivity index (χ0v) is 16.1. The van der Waals surface area contributed by atoms with Gasteiger partial charge in [-0.15, -0.1) is 9.90 Å². The van der Waals surface area contributed by atoms with Crippen LogP contribution in [0.4, 0.5) is 10.6 Å². The minimum Gasteiger partial charge on any atom is -0.379 e. The number of para-hydroxylation sites is 1. The molecule has 28 heavy (non-hydrogen) atoms. The van der Waals surface area contributed by atoms with Crippen LogP contribution in [0.2, 0.25) is 0 Å². The molecule has 1 aliphatic heterocycles. The van der Waals surface area contributed by atoms with Gasteiger partial charge in [-0.25, -0.2) is 4.79 Å². The fourth-order valence-electron chi connectivity index (χ4n) is 4.26. The fraction of sp³-hybridized carbons (Fsp3) is 0.550. The zero-order valence-electron chi connectivity index (χ0n) is 16.1. The van der Waals surface area contributed by atoms with Crippen molar-refractivity contribution in [3.8, 4) is 5.69 Å². The lowest BCUT2D eigenvalue weighted by atomic mass is 9.80. The molecule has 1 aromatic heterocycles. The zero-order chi connectivity index (χ0) is 19.2. The van der Waals surface area contributed by atoms with Gasteiger partial charge in [0.1, 0.15) is 0 Å². The van der Waals surface area contributed by atoms with Crippen LogP contribution in [0.25, 0.3) is 5.69 Å². The number of benzene rings is 1. The molecular formula is C20H28N6O2. The number of morpholine rings is 1. The lowest BCUT2D eigenvalue weighted by molar-refractivity contribution is -0.0356. The van der Waals surface area contributed by atoms with Crippen LogP contribution in [0.15, 0.2) is 36.5 Å². The summed E-state index contributed by atoms with van der Waals surface area (Å²) in [5.74, 6) is 0.436. The number of urea groups is 1. The van der Waals surface area contributed by atoms with E-state index in [1.165, 1.54) is 24.1 Å². The molecule has 2 amide bonds. The number of hydrogen-bond donors (Lipinski definition) is 2. The van der Waals surface area contributed by atoms with E-state index in [0.29, 0.717) is 12.4 Å². The minimum atomic E-state index is -0.238. The van der Waals surface area contributed by atoms with E-state index in [9.17, 15) is 4.79 Å². The quantitative estimate of drug-likeness (QED) is 0.827. The van der Waals surface area contributed by atoms with Crippen molar-refractivity contribution in [1.82, 2.24) is 25.2 Å². The van der Waals surface area contributed by atoms with Crippen molar-refractivity contribution >= 4 is 11.8 Å². The second-order valence-electron chi connectivity index (χ2n) is 7.55. The molecule has 2 aliphatic rings. The number of anilines is 1.